The van der Waals surface area contributed by atoms with Crippen molar-refractivity contribution in [2.75, 3.05) is 31.5 Å². The minimum atomic E-state index is -4.47. The molecule has 28 heavy (non-hydrogen) atoms. The van der Waals surface area contributed by atoms with E-state index in [1.165, 1.54) is 6.07 Å². The number of nitrogens with zero attached hydrogens (tertiary/aromatic N) is 2. The van der Waals surface area contributed by atoms with Crippen LogP contribution in [-0.4, -0.2) is 47.0 Å². The van der Waals surface area contributed by atoms with Crippen molar-refractivity contribution in [3.05, 3.63) is 64.7 Å². The van der Waals surface area contributed by atoms with E-state index >= 15 is 0 Å². The Hall–Kier alpha value is -2.32. The summed E-state index contributed by atoms with van der Waals surface area (Å²) in [5.74, 6) is -0.0555. The van der Waals surface area contributed by atoms with Gasteiger partial charge in [0, 0.05) is 31.7 Å². The van der Waals surface area contributed by atoms with E-state index in [2.05, 4.69) is 5.32 Å². The van der Waals surface area contributed by atoms with E-state index in [1.807, 2.05) is 6.07 Å². The van der Waals surface area contributed by atoms with Crippen LogP contribution in [0.1, 0.15) is 15.9 Å². The molecular weight excluding hydrogens is 411 g/mol. The number of hydrogen-bond acceptors (Lipinski definition) is 2. The van der Waals surface area contributed by atoms with Gasteiger partial charge in [0.1, 0.15) is 0 Å². The summed E-state index contributed by atoms with van der Waals surface area (Å²) in [6.07, 6.45) is -4.47. The van der Waals surface area contributed by atoms with Crippen molar-refractivity contribution in [1.29, 1.82) is 0 Å². The van der Waals surface area contributed by atoms with Gasteiger partial charge >= 0.3 is 6.18 Å². The predicted octanol–water partition coefficient (Wildman–Crippen LogP) is 4.51. The summed E-state index contributed by atoms with van der Waals surface area (Å²) >= 11 is 11.3. The van der Waals surface area contributed by atoms with Gasteiger partial charge in [0.05, 0.1) is 16.3 Å². The number of carbonyl (C=O) groups excluding carboxylic acids is 1. The van der Waals surface area contributed by atoms with Gasteiger partial charge in [0.15, 0.2) is 5.11 Å². The summed E-state index contributed by atoms with van der Waals surface area (Å²) in [4.78, 5) is 16.0. The molecule has 0 spiro atoms. The average Bonchev–Trinajstić information content (AvgIpc) is 2.69. The second-order valence-electron chi connectivity index (χ2n) is 6.27. The normalized spacial score (nSPS) is 14.7. The quantitative estimate of drug-likeness (QED) is 0.715. The molecular formula is C19H17ClF3N3OS. The molecule has 2 aromatic rings. The number of benzene rings is 2. The van der Waals surface area contributed by atoms with Gasteiger partial charge in [-0.05, 0) is 42.5 Å². The molecule has 0 saturated carbocycles. The van der Waals surface area contributed by atoms with Gasteiger partial charge in [0.25, 0.3) is 5.91 Å². The highest BCUT2D eigenvalue weighted by atomic mass is 35.5. The van der Waals surface area contributed by atoms with E-state index in [1.54, 1.807) is 34.1 Å². The van der Waals surface area contributed by atoms with Gasteiger partial charge in [-0.15, -0.1) is 0 Å². The maximum atomic E-state index is 12.9. The SMILES string of the molecule is O=C(c1ccccc1)N1CCN(C(=S)Nc2cc(C(F)(F)F)ccc2Cl)CC1. The van der Waals surface area contributed by atoms with Crippen molar-refractivity contribution in [3.63, 3.8) is 0 Å². The zero-order valence-corrected chi connectivity index (χ0v) is 16.2. The van der Waals surface area contributed by atoms with Gasteiger partial charge in [-0.25, -0.2) is 0 Å². The van der Waals surface area contributed by atoms with E-state index in [-0.39, 0.29) is 21.7 Å². The molecule has 148 valence electrons. The van der Waals surface area contributed by atoms with Crippen LogP contribution in [0.15, 0.2) is 48.5 Å². The summed E-state index contributed by atoms with van der Waals surface area (Å²) in [6, 6.07) is 12.0. The van der Waals surface area contributed by atoms with Gasteiger partial charge in [-0.3, -0.25) is 4.79 Å². The molecule has 0 aromatic heterocycles. The number of amides is 1. The maximum Gasteiger partial charge on any atom is 0.416 e. The molecule has 4 nitrogen and oxygen atoms in total. The number of piperazine rings is 1. The predicted molar refractivity (Wildman–Crippen MR) is 107 cm³/mol. The molecule has 1 aliphatic heterocycles. The molecule has 0 radical (unpaired) electrons. The monoisotopic (exact) mass is 427 g/mol. The van der Waals surface area contributed by atoms with Crippen LogP contribution in [0, 0.1) is 0 Å². The van der Waals surface area contributed by atoms with Gasteiger partial charge in [0.2, 0.25) is 0 Å². The lowest BCUT2D eigenvalue weighted by Crippen LogP contribution is -2.51. The Bertz CT molecular complexity index is 868. The molecule has 0 atom stereocenters. The second-order valence-corrected chi connectivity index (χ2v) is 7.06. The molecule has 1 heterocycles. The Morgan fingerprint density at radius 3 is 2.21 bits per heavy atom. The van der Waals surface area contributed by atoms with Crippen molar-refractivity contribution in [2.24, 2.45) is 0 Å². The molecule has 1 fully saturated rings. The largest absolute Gasteiger partial charge is 0.416 e. The van der Waals surface area contributed by atoms with Crippen molar-refractivity contribution in [2.45, 2.75) is 6.18 Å². The molecule has 3 rings (SSSR count). The Morgan fingerprint density at radius 2 is 1.61 bits per heavy atom. The van der Waals surface area contributed by atoms with Gasteiger partial charge < -0.3 is 15.1 Å². The average molecular weight is 428 g/mol. The molecule has 2 aromatic carbocycles. The molecule has 0 unspecified atom stereocenters. The summed E-state index contributed by atoms with van der Waals surface area (Å²) in [6.45, 7) is 1.87. The summed E-state index contributed by atoms with van der Waals surface area (Å²) in [7, 11) is 0. The molecule has 0 aliphatic carbocycles. The second kappa shape index (κ2) is 8.36. The van der Waals surface area contributed by atoms with E-state index < -0.39 is 11.7 Å². The third-order valence-electron chi connectivity index (χ3n) is 4.41. The Kier molecular flexibility index (Phi) is 6.10. The number of nitrogens with one attached hydrogen (secondary N) is 1. The first-order chi connectivity index (χ1) is 13.3. The molecule has 1 N–H and O–H groups in total. The van der Waals surface area contributed by atoms with Crippen LogP contribution in [0.2, 0.25) is 5.02 Å². The van der Waals surface area contributed by atoms with Crippen LogP contribution < -0.4 is 5.32 Å². The molecule has 9 heteroatoms. The minimum absolute atomic E-state index is 0.0555. The first-order valence-electron chi connectivity index (χ1n) is 8.53. The molecule has 1 saturated heterocycles. The van der Waals surface area contributed by atoms with E-state index in [0.717, 1.165) is 12.1 Å². The van der Waals surface area contributed by atoms with Gasteiger partial charge in [-0.2, -0.15) is 13.2 Å². The van der Waals surface area contributed by atoms with E-state index in [0.29, 0.717) is 31.7 Å². The number of halogens is 4. The first kappa shape index (κ1) is 20.4. The van der Waals surface area contributed by atoms with Crippen LogP contribution >= 0.6 is 23.8 Å². The van der Waals surface area contributed by atoms with Crippen molar-refractivity contribution < 1.29 is 18.0 Å². The number of anilines is 1. The zero-order chi connectivity index (χ0) is 20.3. The van der Waals surface area contributed by atoms with Crippen LogP contribution in [0.25, 0.3) is 0 Å². The van der Waals surface area contributed by atoms with Gasteiger partial charge in [-0.1, -0.05) is 29.8 Å². The number of hydrogen-bond donors (Lipinski definition) is 1. The third kappa shape index (κ3) is 4.74. The highest BCUT2D eigenvalue weighted by molar-refractivity contribution is 7.80. The van der Waals surface area contributed by atoms with E-state index in [4.69, 9.17) is 23.8 Å². The van der Waals surface area contributed by atoms with Crippen LogP contribution in [-0.2, 0) is 6.18 Å². The number of alkyl halides is 3. The molecule has 1 aliphatic rings. The summed E-state index contributed by atoms with van der Waals surface area (Å²) in [5, 5.41) is 3.21. The molecule has 0 bridgehead atoms. The van der Waals surface area contributed by atoms with Crippen LogP contribution in [0.5, 0.6) is 0 Å². The first-order valence-corrected chi connectivity index (χ1v) is 9.31. The number of carbonyl (C=O) groups is 1. The number of rotatable bonds is 2. The minimum Gasteiger partial charge on any atom is -0.345 e. The third-order valence-corrected chi connectivity index (χ3v) is 5.10. The Labute approximate surface area is 170 Å². The maximum absolute atomic E-state index is 12.9. The lowest BCUT2D eigenvalue weighted by atomic mass is 10.2. The lowest BCUT2D eigenvalue weighted by Gasteiger charge is -2.36. The van der Waals surface area contributed by atoms with E-state index in [9.17, 15) is 18.0 Å². The number of thiocarbonyl (C=S) groups is 1. The summed E-state index contributed by atoms with van der Waals surface area (Å²) < 4.78 is 38.7. The topological polar surface area (TPSA) is 35.6 Å². The lowest BCUT2D eigenvalue weighted by molar-refractivity contribution is -0.137. The summed E-state index contributed by atoms with van der Waals surface area (Å²) in [5.41, 5.74) is -0.0860. The Morgan fingerprint density at radius 1 is 1.00 bits per heavy atom. The smallest absolute Gasteiger partial charge is 0.345 e. The fourth-order valence-corrected chi connectivity index (χ4v) is 3.32. The fourth-order valence-electron chi connectivity index (χ4n) is 2.87. The van der Waals surface area contributed by atoms with Crippen molar-refractivity contribution in [3.8, 4) is 0 Å². The van der Waals surface area contributed by atoms with Crippen molar-refractivity contribution in [1.82, 2.24) is 9.80 Å². The zero-order valence-electron chi connectivity index (χ0n) is 14.7. The fraction of sp³-hybridized carbons (Fsp3) is 0.263. The highest BCUT2D eigenvalue weighted by Gasteiger charge is 2.31. The highest BCUT2D eigenvalue weighted by Crippen LogP contribution is 2.34. The van der Waals surface area contributed by atoms with Crippen LogP contribution in [0.4, 0.5) is 18.9 Å². The van der Waals surface area contributed by atoms with Crippen molar-refractivity contribution >= 4 is 40.5 Å². The molecule has 1 amide bonds. The Balaban J connectivity index is 1.61. The standard InChI is InChI=1S/C19H17ClF3N3OS/c20-15-7-6-14(19(21,22)23)12-16(15)24-18(28)26-10-8-25(9-11-26)17(27)13-4-2-1-3-5-13/h1-7,12H,8-11H2,(H,24,28). The van der Waals surface area contributed by atoms with Crippen LogP contribution in [0.3, 0.4) is 0 Å².